The topological polar surface area (TPSA) is 93.2 Å². The Kier molecular flexibility index (Phi) is 4.32. The van der Waals surface area contributed by atoms with E-state index in [4.69, 9.17) is 5.26 Å². The summed E-state index contributed by atoms with van der Waals surface area (Å²) in [6.07, 6.45) is 0. The van der Waals surface area contributed by atoms with Crippen LogP contribution in [0.3, 0.4) is 0 Å². The first-order valence-electron chi connectivity index (χ1n) is 5.01. The average molecular weight is 252 g/mol. The third-order valence-electron chi connectivity index (χ3n) is 2.16. The number of carbonyl (C=O) groups is 1. The molecule has 6 nitrogen and oxygen atoms in total. The molecule has 0 amide bonds. The summed E-state index contributed by atoms with van der Waals surface area (Å²) in [6, 6.07) is 4.34. The standard InChI is InChI=1S/C11H9FN2O4/c1-2-18-11(15)9(6-13)8-4-3-7(14(16)17)5-10(8)12/h3-5,9H,2H2,1H3. The molecule has 0 aliphatic rings. The minimum absolute atomic E-state index is 0.0611. The van der Waals surface area contributed by atoms with E-state index in [0.717, 1.165) is 12.1 Å². The number of hydrogen-bond donors (Lipinski definition) is 0. The first-order valence-corrected chi connectivity index (χ1v) is 5.01. The lowest BCUT2D eigenvalue weighted by atomic mass is 10.00. The highest BCUT2D eigenvalue weighted by molar-refractivity contribution is 5.81. The van der Waals surface area contributed by atoms with Gasteiger partial charge in [-0.2, -0.15) is 5.26 Å². The molecule has 1 aromatic rings. The van der Waals surface area contributed by atoms with Gasteiger partial charge in [-0.3, -0.25) is 14.9 Å². The second-order valence-electron chi connectivity index (χ2n) is 3.28. The van der Waals surface area contributed by atoms with Crippen LogP contribution in [0.15, 0.2) is 18.2 Å². The van der Waals surface area contributed by atoms with E-state index in [1.54, 1.807) is 13.0 Å². The molecule has 18 heavy (non-hydrogen) atoms. The number of nitriles is 1. The Morgan fingerprint density at radius 1 is 1.67 bits per heavy atom. The third-order valence-corrected chi connectivity index (χ3v) is 2.16. The van der Waals surface area contributed by atoms with Gasteiger partial charge in [0, 0.05) is 11.6 Å². The minimum Gasteiger partial charge on any atom is -0.465 e. The van der Waals surface area contributed by atoms with Gasteiger partial charge in [-0.05, 0) is 13.0 Å². The summed E-state index contributed by atoms with van der Waals surface area (Å²) >= 11 is 0. The van der Waals surface area contributed by atoms with Gasteiger partial charge in [0.05, 0.1) is 23.7 Å². The predicted octanol–water partition coefficient (Wildman–Crippen LogP) is 1.90. The van der Waals surface area contributed by atoms with Crippen LogP contribution in [0.25, 0.3) is 0 Å². The fourth-order valence-electron chi connectivity index (χ4n) is 1.34. The van der Waals surface area contributed by atoms with Crippen LogP contribution in [0, 0.1) is 27.3 Å². The molecule has 0 spiro atoms. The number of benzene rings is 1. The smallest absolute Gasteiger partial charge is 0.328 e. The number of non-ortho nitro benzene ring substituents is 1. The monoisotopic (exact) mass is 252 g/mol. The molecule has 0 radical (unpaired) electrons. The molecule has 0 N–H and O–H groups in total. The molecule has 1 unspecified atom stereocenters. The third kappa shape index (κ3) is 2.79. The normalized spacial score (nSPS) is 11.4. The van der Waals surface area contributed by atoms with Gasteiger partial charge in [-0.25, -0.2) is 4.39 Å². The largest absolute Gasteiger partial charge is 0.465 e. The Labute approximate surface area is 102 Å². The van der Waals surface area contributed by atoms with E-state index < -0.39 is 28.3 Å². The van der Waals surface area contributed by atoms with Gasteiger partial charge in [-0.1, -0.05) is 0 Å². The Hall–Kier alpha value is -2.49. The van der Waals surface area contributed by atoms with E-state index >= 15 is 0 Å². The molecule has 1 rings (SSSR count). The molecule has 0 aromatic heterocycles. The van der Waals surface area contributed by atoms with Gasteiger partial charge in [0.1, 0.15) is 5.82 Å². The highest BCUT2D eigenvalue weighted by Crippen LogP contribution is 2.24. The number of ether oxygens (including phenoxy) is 1. The van der Waals surface area contributed by atoms with Gasteiger partial charge >= 0.3 is 5.97 Å². The zero-order valence-electron chi connectivity index (χ0n) is 9.42. The SMILES string of the molecule is CCOC(=O)C(C#N)c1ccc([N+](=O)[O-])cc1F. The summed E-state index contributed by atoms with van der Waals surface area (Å²) in [5.74, 6) is -3.29. The summed E-state index contributed by atoms with van der Waals surface area (Å²) in [7, 11) is 0. The van der Waals surface area contributed by atoms with E-state index in [9.17, 15) is 19.3 Å². The molecule has 94 valence electrons. The van der Waals surface area contributed by atoms with Crippen molar-refractivity contribution < 1.29 is 18.8 Å². The Morgan fingerprint density at radius 3 is 2.78 bits per heavy atom. The lowest BCUT2D eigenvalue weighted by Gasteiger charge is -2.09. The molecule has 0 saturated carbocycles. The highest BCUT2D eigenvalue weighted by atomic mass is 19.1. The van der Waals surface area contributed by atoms with Crippen molar-refractivity contribution in [2.24, 2.45) is 0 Å². The maximum Gasteiger partial charge on any atom is 0.328 e. The molecule has 0 aliphatic carbocycles. The first-order chi connectivity index (χ1) is 8.51. The van der Waals surface area contributed by atoms with Gasteiger partial charge in [0.15, 0.2) is 5.92 Å². The maximum atomic E-state index is 13.6. The average Bonchev–Trinajstić information content (AvgIpc) is 2.32. The molecule has 1 atom stereocenters. The Bertz CT molecular complexity index is 524. The summed E-state index contributed by atoms with van der Waals surface area (Å²) in [5, 5.41) is 19.3. The number of rotatable bonds is 4. The van der Waals surface area contributed by atoms with Crippen molar-refractivity contribution in [3.63, 3.8) is 0 Å². The highest BCUT2D eigenvalue weighted by Gasteiger charge is 2.26. The van der Waals surface area contributed by atoms with E-state index in [-0.39, 0.29) is 12.2 Å². The van der Waals surface area contributed by atoms with Crippen LogP contribution < -0.4 is 0 Å². The lowest BCUT2D eigenvalue weighted by Crippen LogP contribution is -2.15. The fraction of sp³-hybridized carbons (Fsp3) is 0.273. The maximum absolute atomic E-state index is 13.6. The van der Waals surface area contributed by atoms with Crippen LogP contribution in [-0.2, 0) is 9.53 Å². The van der Waals surface area contributed by atoms with Crippen LogP contribution >= 0.6 is 0 Å². The van der Waals surface area contributed by atoms with Gasteiger partial charge in [0.25, 0.3) is 5.69 Å². The molecular formula is C11H9FN2O4. The van der Waals surface area contributed by atoms with Crippen LogP contribution in [-0.4, -0.2) is 17.5 Å². The second kappa shape index (κ2) is 5.72. The summed E-state index contributed by atoms with van der Waals surface area (Å²) < 4.78 is 18.2. The van der Waals surface area contributed by atoms with Crippen LogP contribution in [0.5, 0.6) is 0 Å². The lowest BCUT2D eigenvalue weighted by molar-refractivity contribution is -0.385. The zero-order chi connectivity index (χ0) is 13.7. The number of nitro groups is 1. The van der Waals surface area contributed by atoms with Crippen molar-refractivity contribution in [1.29, 1.82) is 5.26 Å². The van der Waals surface area contributed by atoms with Crippen LogP contribution in [0.2, 0.25) is 0 Å². The second-order valence-corrected chi connectivity index (χ2v) is 3.28. The van der Waals surface area contributed by atoms with Crippen molar-refractivity contribution in [3.8, 4) is 6.07 Å². The first kappa shape index (κ1) is 13.6. The molecule has 0 aliphatic heterocycles. The van der Waals surface area contributed by atoms with Crippen molar-refractivity contribution >= 4 is 11.7 Å². The van der Waals surface area contributed by atoms with E-state index in [1.165, 1.54) is 0 Å². The predicted molar refractivity (Wildman–Crippen MR) is 58.0 cm³/mol. The van der Waals surface area contributed by atoms with E-state index in [0.29, 0.717) is 6.07 Å². The quantitative estimate of drug-likeness (QED) is 0.463. The van der Waals surface area contributed by atoms with E-state index in [1.807, 2.05) is 0 Å². The number of carbonyl (C=O) groups excluding carboxylic acids is 1. The molecule has 7 heteroatoms. The fourth-order valence-corrected chi connectivity index (χ4v) is 1.34. The van der Waals surface area contributed by atoms with E-state index in [2.05, 4.69) is 4.74 Å². The summed E-state index contributed by atoms with van der Waals surface area (Å²) in [6.45, 7) is 1.62. The number of esters is 1. The van der Waals surface area contributed by atoms with Gasteiger partial charge in [-0.15, -0.1) is 0 Å². The molecule has 0 saturated heterocycles. The number of nitrogens with zero attached hydrogens (tertiary/aromatic N) is 2. The number of hydrogen-bond acceptors (Lipinski definition) is 5. The number of nitro benzene ring substituents is 1. The van der Waals surface area contributed by atoms with Crippen molar-refractivity contribution in [1.82, 2.24) is 0 Å². The molecular weight excluding hydrogens is 243 g/mol. The molecule has 0 fully saturated rings. The van der Waals surface area contributed by atoms with Crippen LogP contribution in [0.4, 0.5) is 10.1 Å². The van der Waals surface area contributed by atoms with Crippen LogP contribution in [0.1, 0.15) is 18.4 Å². The molecule has 1 aromatic carbocycles. The Balaban J connectivity index is 3.12. The zero-order valence-corrected chi connectivity index (χ0v) is 9.42. The summed E-state index contributed by atoms with van der Waals surface area (Å²) in [4.78, 5) is 21.1. The molecule has 0 heterocycles. The Morgan fingerprint density at radius 2 is 2.33 bits per heavy atom. The summed E-state index contributed by atoms with van der Waals surface area (Å²) in [5.41, 5.74) is -0.682. The van der Waals surface area contributed by atoms with Crippen molar-refractivity contribution in [2.45, 2.75) is 12.8 Å². The minimum atomic E-state index is -1.43. The van der Waals surface area contributed by atoms with Gasteiger partial charge < -0.3 is 4.74 Å². The van der Waals surface area contributed by atoms with Gasteiger partial charge in [0.2, 0.25) is 0 Å². The molecule has 0 bridgehead atoms. The number of halogens is 1. The van der Waals surface area contributed by atoms with Crippen molar-refractivity contribution in [3.05, 3.63) is 39.7 Å². The van der Waals surface area contributed by atoms with Crippen molar-refractivity contribution in [2.75, 3.05) is 6.61 Å².